The summed E-state index contributed by atoms with van der Waals surface area (Å²) in [7, 11) is 0. The molecule has 1 amide bonds. The van der Waals surface area contributed by atoms with Crippen LogP contribution < -0.4 is 15.4 Å². The van der Waals surface area contributed by atoms with E-state index < -0.39 is 18.2 Å². The number of carbonyl (C=O) groups excluding carboxylic acids is 2. The molecule has 1 aliphatic carbocycles. The quantitative estimate of drug-likeness (QED) is 0.364. The van der Waals surface area contributed by atoms with Crippen LogP contribution in [0, 0.1) is 5.41 Å². The van der Waals surface area contributed by atoms with Crippen molar-refractivity contribution in [3.05, 3.63) is 36.0 Å². The lowest BCUT2D eigenvalue weighted by Gasteiger charge is -2.47. The minimum Gasteiger partial charge on any atom is -0.471 e. The molecule has 4 rings (SSSR count). The Kier molecular flexibility index (Phi) is 7.52. The molecule has 2 fully saturated rings. The van der Waals surface area contributed by atoms with E-state index in [-0.39, 0.29) is 41.9 Å². The normalized spacial score (nSPS) is 24.5. The van der Waals surface area contributed by atoms with E-state index in [4.69, 9.17) is 9.47 Å². The maximum atomic E-state index is 12.6. The third kappa shape index (κ3) is 6.22. The number of hydrogen-bond donors (Lipinski definition) is 3. The van der Waals surface area contributed by atoms with Gasteiger partial charge in [-0.15, -0.1) is 6.58 Å². The van der Waals surface area contributed by atoms with Gasteiger partial charge in [-0.2, -0.15) is 0 Å². The van der Waals surface area contributed by atoms with Gasteiger partial charge < -0.3 is 25.2 Å². The molecular formula is C27H39N3O5. The van der Waals surface area contributed by atoms with Crippen LogP contribution in [0.3, 0.4) is 0 Å². The summed E-state index contributed by atoms with van der Waals surface area (Å²) < 4.78 is 11.4. The Bertz CT molecular complexity index is 953. The monoisotopic (exact) mass is 485 g/mol. The van der Waals surface area contributed by atoms with E-state index in [9.17, 15) is 14.7 Å². The average molecular weight is 486 g/mol. The van der Waals surface area contributed by atoms with Crippen LogP contribution in [0.2, 0.25) is 0 Å². The molecule has 0 bridgehead atoms. The fourth-order valence-electron chi connectivity index (χ4n) is 5.23. The highest BCUT2D eigenvalue weighted by Gasteiger charge is 2.46. The van der Waals surface area contributed by atoms with Gasteiger partial charge in [0.05, 0.1) is 12.1 Å². The van der Waals surface area contributed by atoms with Crippen molar-refractivity contribution in [2.75, 3.05) is 6.54 Å². The minimum atomic E-state index is -0.844. The van der Waals surface area contributed by atoms with Crippen molar-refractivity contribution in [2.24, 2.45) is 5.41 Å². The predicted molar refractivity (Wildman–Crippen MR) is 132 cm³/mol. The number of esters is 1. The van der Waals surface area contributed by atoms with Gasteiger partial charge in [-0.25, -0.2) is 4.98 Å². The van der Waals surface area contributed by atoms with Crippen LogP contribution in [0.25, 0.3) is 0 Å². The number of aromatic nitrogens is 1. The van der Waals surface area contributed by atoms with Crippen molar-refractivity contribution in [1.29, 1.82) is 0 Å². The maximum absolute atomic E-state index is 12.6. The fourth-order valence-corrected chi connectivity index (χ4v) is 5.23. The lowest BCUT2D eigenvalue weighted by molar-refractivity contribution is -0.148. The van der Waals surface area contributed by atoms with Crippen molar-refractivity contribution in [3.63, 3.8) is 0 Å². The van der Waals surface area contributed by atoms with Gasteiger partial charge in [0, 0.05) is 43.6 Å². The number of nitrogens with zero attached hydrogens (tertiary/aromatic N) is 1. The molecule has 1 aromatic heterocycles. The van der Waals surface area contributed by atoms with Crippen LogP contribution in [0.15, 0.2) is 24.9 Å². The number of hydrogen-bond acceptors (Lipinski definition) is 7. The van der Waals surface area contributed by atoms with Crippen LogP contribution in [-0.2, 0) is 20.7 Å². The van der Waals surface area contributed by atoms with Gasteiger partial charge in [-0.3, -0.25) is 9.59 Å². The number of rotatable bonds is 9. The third-order valence-electron chi connectivity index (χ3n) is 7.16. The maximum Gasteiger partial charge on any atom is 0.306 e. The summed E-state index contributed by atoms with van der Waals surface area (Å²) in [6.45, 7) is 10.7. The molecule has 1 saturated carbocycles. The molecule has 8 heteroatoms. The van der Waals surface area contributed by atoms with Crippen LogP contribution in [0.5, 0.6) is 5.88 Å². The Morgan fingerprint density at radius 2 is 2.17 bits per heavy atom. The molecule has 0 radical (unpaired) electrons. The zero-order valence-corrected chi connectivity index (χ0v) is 21.1. The number of ether oxygens (including phenoxy) is 2. The lowest BCUT2D eigenvalue weighted by Crippen LogP contribution is -2.52. The molecular weight excluding hydrogens is 446 g/mol. The first kappa shape index (κ1) is 25.6. The van der Waals surface area contributed by atoms with E-state index in [1.807, 2.05) is 6.20 Å². The number of fused-ring (bicyclic) bond motifs is 1. The summed E-state index contributed by atoms with van der Waals surface area (Å²) in [6.07, 6.45) is 7.86. The summed E-state index contributed by atoms with van der Waals surface area (Å²) in [5.74, 6) is -0.0580. The first-order valence-corrected chi connectivity index (χ1v) is 12.8. The molecule has 1 aromatic rings. The zero-order valence-electron chi connectivity index (χ0n) is 21.1. The molecule has 2 aliphatic heterocycles. The molecule has 35 heavy (non-hydrogen) atoms. The van der Waals surface area contributed by atoms with Crippen molar-refractivity contribution >= 4 is 11.9 Å². The largest absolute Gasteiger partial charge is 0.471 e. The number of carbonyl (C=O) groups is 2. The predicted octanol–water partition coefficient (Wildman–Crippen LogP) is 3.13. The van der Waals surface area contributed by atoms with Gasteiger partial charge in [0.2, 0.25) is 5.88 Å². The molecule has 8 nitrogen and oxygen atoms in total. The highest BCUT2D eigenvalue weighted by molar-refractivity contribution is 5.86. The first-order chi connectivity index (χ1) is 16.6. The molecule has 3 heterocycles. The molecule has 3 N–H and O–H groups in total. The van der Waals surface area contributed by atoms with Gasteiger partial charge in [-0.1, -0.05) is 26.8 Å². The SMILES string of the molecule is C=CC[C@H](NC(=O)[C@H]1CCC(=O)O1)[C@H](O)CN[C@H]1CC2(CCC2)Oc2ncc(CC(C)(C)C)cc21. The van der Waals surface area contributed by atoms with Crippen molar-refractivity contribution < 1.29 is 24.2 Å². The highest BCUT2D eigenvalue weighted by Crippen LogP contribution is 2.48. The van der Waals surface area contributed by atoms with Crippen LogP contribution >= 0.6 is 0 Å². The summed E-state index contributed by atoms with van der Waals surface area (Å²) in [6, 6.07) is 1.65. The topological polar surface area (TPSA) is 110 Å². The number of aliphatic hydroxyl groups excluding tert-OH is 1. The molecule has 0 unspecified atom stereocenters. The molecule has 192 valence electrons. The summed E-state index contributed by atoms with van der Waals surface area (Å²) in [4.78, 5) is 28.6. The Balaban J connectivity index is 1.44. The van der Waals surface area contributed by atoms with Gasteiger partial charge in [0.1, 0.15) is 5.60 Å². The van der Waals surface area contributed by atoms with Crippen LogP contribution in [-0.4, -0.2) is 52.4 Å². The van der Waals surface area contributed by atoms with E-state index >= 15 is 0 Å². The number of amides is 1. The Labute approximate surface area is 207 Å². The molecule has 3 aliphatic rings. The second kappa shape index (κ2) is 10.3. The summed E-state index contributed by atoms with van der Waals surface area (Å²) >= 11 is 0. The van der Waals surface area contributed by atoms with E-state index in [1.54, 1.807) is 6.08 Å². The number of nitrogens with one attached hydrogen (secondary N) is 2. The number of aliphatic hydroxyl groups is 1. The zero-order chi connectivity index (χ0) is 25.2. The van der Waals surface area contributed by atoms with Crippen LogP contribution in [0.4, 0.5) is 0 Å². The molecule has 4 atom stereocenters. The number of cyclic esters (lactones) is 1. The molecule has 1 saturated heterocycles. The van der Waals surface area contributed by atoms with E-state index in [0.29, 0.717) is 18.7 Å². The summed E-state index contributed by atoms with van der Waals surface area (Å²) in [5.41, 5.74) is 2.15. The van der Waals surface area contributed by atoms with Gasteiger partial charge in [-0.05, 0) is 49.1 Å². The van der Waals surface area contributed by atoms with Gasteiger partial charge in [0.25, 0.3) is 5.91 Å². The lowest BCUT2D eigenvalue weighted by atomic mass is 9.73. The van der Waals surface area contributed by atoms with Crippen LogP contribution in [0.1, 0.15) is 82.9 Å². The Hall–Kier alpha value is -2.45. The van der Waals surface area contributed by atoms with Crippen molar-refractivity contribution in [1.82, 2.24) is 15.6 Å². The minimum absolute atomic E-state index is 0.00279. The Morgan fingerprint density at radius 1 is 1.40 bits per heavy atom. The number of pyridine rings is 1. The van der Waals surface area contributed by atoms with Crippen molar-refractivity contribution in [3.8, 4) is 5.88 Å². The summed E-state index contributed by atoms with van der Waals surface area (Å²) in [5, 5.41) is 17.4. The fraction of sp³-hybridized carbons (Fsp3) is 0.667. The van der Waals surface area contributed by atoms with Crippen molar-refractivity contribution in [2.45, 2.75) is 102 Å². The van der Waals surface area contributed by atoms with Gasteiger partial charge >= 0.3 is 5.97 Å². The van der Waals surface area contributed by atoms with E-state index in [0.717, 1.165) is 37.7 Å². The first-order valence-electron chi connectivity index (χ1n) is 12.8. The highest BCUT2D eigenvalue weighted by atomic mass is 16.6. The third-order valence-corrected chi connectivity index (χ3v) is 7.16. The van der Waals surface area contributed by atoms with E-state index in [1.165, 1.54) is 5.56 Å². The van der Waals surface area contributed by atoms with Gasteiger partial charge in [0.15, 0.2) is 6.10 Å². The molecule has 1 spiro atoms. The molecule has 0 aromatic carbocycles. The second-order valence-corrected chi connectivity index (χ2v) is 11.5. The van der Waals surface area contributed by atoms with E-state index in [2.05, 4.69) is 49.0 Å². The Morgan fingerprint density at radius 3 is 2.77 bits per heavy atom. The smallest absolute Gasteiger partial charge is 0.306 e. The standard InChI is InChI=1S/C27H39N3O5/c1-5-7-19(30-24(33)22-8-9-23(32)34-22)21(31)16-28-20-14-27(10-6-11-27)35-25-18(20)12-17(15-29-25)13-26(2,3)4/h5,12,15,19-22,28,31H,1,6-11,13-14,16H2,2-4H3,(H,30,33)/t19-,20-,21+,22+/m0/s1. The average Bonchev–Trinajstić information content (AvgIpc) is 3.21. The second-order valence-electron chi connectivity index (χ2n) is 11.5.